The Bertz CT molecular complexity index is 401. The first-order chi connectivity index (χ1) is 8.81. The summed E-state index contributed by atoms with van der Waals surface area (Å²) in [5.74, 6) is -1.97. The molecule has 0 spiro atoms. The maximum absolute atomic E-state index is 11.6. The molecule has 1 aliphatic rings. The van der Waals surface area contributed by atoms with Crippen LogP contribution in [0.3, 0.4) is 0 Å². The summed E-state index contributed by atoms with van der Waals surface area (Å²) < 4.78 is 0. The summed E-state index contributed by atoms with van der Waals surface area (Å²) in [4.78, 5) is 33.1. The van der Waals surface area contributed by atoms with Gasteiger partial charge >= 0.3 is 12.0 Å². The molecule has 1 fully saturated rings. The molecule has 3 amide bonds. The highest BCUT2D eigenvalue weighted by Gasteiger charge is 2.33. The number of carboxylic acids is 1. The molecule has 0 aromatic carbocycles. The fourth-order valence-corrected chi connectivity index (χ4v) is 2.26. The molecule has 106 valence electrons. The van der Waals surface area contributed by atoms with Crippen LogP contribution in [0.25, 0.3) is 0 Å². The van der Waals surface area contributed by atoms with Crippen LogP contribution in [0.1, 0.15) is 39.5 Å². The molecule has 19 heavy (non-hydrogen) atoms. The maximum Gasteiger partial charge on any atom is 0.328 e. The van der Waals surface area contributed by atoms with Gasteiger partial charge in [0.15, 0.2) is 0 Å². The van der Waals surface area contributed by atoms with Gasteiger partial charge in [0.25, 0.3) is 5.91 Å². The Morgan fingerprint density at radius 3 is 2.47 bits per heavy atom. The number of carbonyl (C=O) groups is 3. The van der Waals surface area contributed by atoms with E-state index in [0.717, 1.165) is 31.8 Å². The number of carboxylic acid groups (broad SMARTS) is 1. The molecule has 0 heterocycles. The molecule has 1 aliphatic carbocycles. The molecule has 6 heteroatoms. The number of amides is 3. The monoisotopic (exact) mass is 268 g/mol. The van der Waals surface area contributed by atoms with Crippen molar-refractivity contribution >= 4 is 17.9 Å². The third kappa shape index (κ3) is 5.11. The highest BCUT2D eigenvalue weighted by molar-refractivity contribution is 6.02. The Labute approximate surface area is 112 Å². The Balaban J connectivity index is 2.46. The van der Waals surface area contributed by atoms with Crippen molar-refractivity contribution in [2.75, 3.05) is 0 Å². The highest BCUT2D eigenvalue weighted by atomic mass is 16.4. The van der Waals surface area contributed by atoms with E-state index in [2.05, 4.69) is 24.5 Å². The summed E-state index contributed by atoms with van der Waals surface area (Å²) in [6, 6.07) is -0.558. The average Bonchev–Trinajstić information content (AvgIpc) is 2.29. The van der Waals surface area contributed by atoms with Crippen LogP contribution in [0.15, 0.2) is 12.2 Å². The quantitative estimate of drug-likeness (QED) is 0.674. The fraction of sp³-hybridized carbons (Fsp3) is 0.615. The molecule has 1 unspecified atom stereocenters. The standard InChI is InChI=1S/C13H20N2O4/c1-13(2)8-4-3-5-9(13)14-12(19)15-10(16)6-7-11(17)18/h6-7,9H,3-5,8H2,1-2H3,(H,17,18)(H2,14,15,16,19). The van der Waals surface area contributed by atoms with Crippen molar-refractivity contribution in [3.63, 3.8) is 0 Å². The van der Waals surface area contributed by atoms with Crippen LogP contribution < -0.4 is 10.6 Å². The van der Waals surface area contributed by atoms with Crippen molar-refractivity contribution < 1.29 is 19.5 Å². The van der Waals surface area contributed by atoms with Crippen LogP contribution in [0, 0.1) is 5.41 Å². The minimum absolute atomic E-state index is 0.00947. The smallest absolute Gasteiger partial charge is 0.328 e. The number of rotatable bonds is 3. The SMILES string of the molecule is CC1(C)CCCCC1NC(=O)NC(=O)C=CC(=O)O. The van der Waals surface area contributed by atoms with Crippen molar-refractivity contribution in [1.82, 2.24) is 10.6 Å². The number of urea groups is 1. The van der Waals surface area contributed by atoms with Gasteiger partial charge in [0.2, 0.25) is 0 Å². The van der Waals surface area contributed by atoms with Crippen molar-refractivity contribution in [3.05, 3.63) is 12.2 Å². The van der Waals surface area contributed by atoms with Crippen molar-refractivity contribution in [3.8, 4) is 0 Å². The molecule has 0 aromatic rings. The van der Waals surface area contributed by atoms with E-state index in [1.165, 1.54) is 0 Å². The zero-order chi connectivity index (χ0) is 14.5. The lowest BCUT2D eigenvalue weighted by Gasteiger charge is -2.38. The van der Waals surface area contributed by atoms with Crippen LogP contribution in [0.5, 0.6) is 0 Å². The fourth-order valence-electron chi connectivity index (χ4n) is 2.26. The first-order valence-electron chi connectivity index (χ1n) is 6.34. The van der Waals surface area contributed by atoms with Gasteiger partial charge in [0.1, 0.15) is 0 Å². The first-order valence-corrected chi connectivity index (χ1v) is 6.34. The van der Waals surface area contributed by atoms with Crippen LogP contribution in [-0.4, -0.2) is 29.1 Å². The minimum Gasteiger partial charge on any atom is -0.478 e. The topological polar surface area (TPSA) is 95.5 Å². The Morgan fingerprint density at radius 2 is 1.89 bits per heavy atom. The van der Waals surface area contributed by atoms with Gasteiger partial charge in [0, 0.05) is 18.2 Å². The van der Waals surface area contributed by atoms with Gasteiger partial charge in [0.05, 0.1) is 0 Å². The molecule has 3 N–H and O–H groups in total. The second kappa shape index (κ2) is 6.36. The largest absolute Gasteiger partial charge is 0.478 e. The van der Waals surface area contributed by atoms with Crippen LogP contribution in [0.4, 0.5) is 4.79 Å². The Kier molecular flexibility index (Phi) is 5.09. The number of imide groups is 1. The number of nitrogens with one attached hydrogen (secondary N) is 2. The molecule has 0 bridgehead atoms. The molecule has 1 atom stereocenters. The van der Waals surface area contributed by atoms with Gasteiger partial charge in [-0.1, -0.05) is 26.7 Å². The highest BCUT2D eigenvalue weighted by Crippen LogP contribution is 2.35. The third-order valence-corrected chi connectivity index (χ3v) is 3.43. The van der Waals surface area contributed by atoms with E-state index in [-0.39, 0.29) is 11.5 Å². The predicted molar refractivity (Wildman–Crippen MR) is 69.5 cm³/mol. The number of aliphatic carboxylic acids is 1. The zero-order valence-corrected chi connectivity index (χ0v) is 11.2. The summed E-state index contributed by atoms with van der Waals surface area (Å²) in [7, 11) is 0. The molecular weight excluding hydrogens is 248 g/mol. The molecule has 0 radical (unpaired) electrons. The van der Waals surface area contributed by atoms with E-state index in [4.69, 9.17) is 5.11 Å². The van der Waals surface area contributed by atoms with E-state index >= 15 is 0 Å². The van der Waals surface area contributed by atoms with Gasteiger partial charge in [-0.05, 0) is 18.3 Å². The number of hydrogen-bond acceptors (Lipinski definition) is 3. The lowest BCUT2D eigenvalue weighted by molar-refractivity contribution is -0.131. The van der Waals surface area contributed by atoms with E-state index in [1.807, 2.05) is 0 Å². The van der Waals surface area contributed by atoms with Crippen molar-refractivity contribution in [2.24, 2.45) is 5.41 Å². The van der Waals surface area contributed by atoms with E-state index in [0.29, 0.717) is 6.08 Å². The summed E-state index contributed by atoms with van der Waals surface area (Å²) >= 11 is 0. The maximum atomic E-state index is 11.6. The molecule has 0 aromatic heterocycles. The van der Waals surface area contributed by atoms with Gasteiger partial charge in [-0.3, -0.25) is 10.1 Å². The summed E-state index contributed by atoms with van der Waals surface area (Å²) in [5, 5.41) is 13.2. The van der Waals surface area contributed by atoms with Crippen LogP contribution >= 0.6 is 0 Å². The van der Waals surface area contributed by atoms with Gasteiger partial charge < -0.3 is 10.4 Å². The van der Waals surface area contributed by atoms with E-state index < -0.39 is 17.9 Å². The lowest BCUT2D eigenvalue weighted by atomic mass is 9.73. The zero-order valence-electron chi connectivity index (χ0n) is 11.2. The Hall–Kier alpha value is -1.85. The number of carbonyl (C=O) groups excluding carboxylic acids is 2. The predicted octanol–water partition coefficient (Wildman–Crippen LogP) is 1.42. The lowest BCUT2D eigenvalue weighted by Crippen LogP contribution is -2.51. The van der Waals surface area contributed by atoms with E-state index in [9.17, 15) is 14.4 Å². The normalized spacial score (nSPS) is 21.9. The van der Waals surface area contributed by atoms with Gasteiger partial charge in [-0.2, -0.15) is 0 Å². The Morgan fingerprint density at radius 1 is 1.21 bits per heavy atom. The van der Waals surface area contributed by atoms with Gasteiger partial charge in [-0.15, -0.1) is 0 Å². The molecule has 6 nitrogen and oxygen atoms in total. The molecule has 0 aliphatic heterocycles. The van der Waals surface area contributed by atoms with E-state index in [1.54, 1.807) is 0 Å². The van der Waals surface area contributed by atoms with Crippen molar-refractivity contribution in [1.29, 1.82) is 0 Å². The molecule has 0 saturated heterocycles. The van der Waals surface area contributed by atoms with Gasteiger partial charge in [-0.25, -0.2) is 9.59 Å². The minimum atomic E-state index is -1.23. The molecular formula is C13H20N2O4. The van der Waals surface area contributed by atoms with Crippen LogP contribution in [-0.2, 0) is 9.59 Å². The summed E-state index contributed by atoms with van der Waals surface area (Å²) in [5.41, 5.74) is 0.00947. The van der Waals surface area contributed by atoms with Crippen LogP contribution in [0.2, 0.25) is 0 Å². The number of hydrogen-bond donors (Lipinski definition) is 3. The summed E-state index contributed by atoms with van der Waals surface area (Å²) in [6.45, 7) is 4.17. The third-order valence-electron chi connectivity index (χ3n) is 3.43. The average molecular weight is 268 g/mol. The summed E-state index contributed by atoms with van der Waals surface area (Å²) in [6.07, 6.45) is 5.62. The second-order valence-corrected chi connectivity index (χ2v) is 5.42. The molecule has 1 rings (SSSR count). The first kappa shape index (κ1) is 15.2. The molecule has 1 saturated carbocycles. The van der Waals surface area contributed by atoms with Crippen molar-refractivity contribution in [2.45, 2.75) is 45.6 Å². The second-order valence-electron chi connectivity index (χ2n) is 5.42.